The van der Waals surface area contributed by atoms with E-state index in [2.05, 4.69) is 193 Å². The van der Waals surface area contributed by atoms with Crippen LogP contribution >= 0.6 is 0 Å². The number of hydrogen-bond donors (Lipinski definition) is 0. The minimum Gasteiger partial charge on any atom is -0.311 e. The Morgan fingerprint density at radius 3 is 1.76 bits per heavy atom. The molecule has 0 atom stereocenters. The first-order chi connectivity index (χ1) is 24.8. The van der Waals surface area contributed by atoms with Crippen LogP contribution in [0.3, 0.4) is 0 Å². The molecular weight excluding hydrogens is 603 g/mol. The maximum absolute atomic E-state index is 2.47. The Morgan fingerprint density at radius 1 is 0.480 bits per heavy atom. The fourth-order valence-electron chi connectivity index (χ4n) is 8.55. The topological polar surface area (TPSA) is 3.24 Å². The van der Waals surface area contributed by atoms with Crippen molar-refractivity contribution >= 4 is 16.9 Å². The van der Waals surface area contributed by atoms with E-state index in [9.17, 15) is 0 Å². The number of nitrogens with zero attached hydrogens (tertiary/aromatic N) is 1. The van der Waals surface area contributed by atoms with E-state index in [0.29, 0.717) is 0 Å². The molecule has 0 spiro atoms. The van der Waals surface area contributed by atoms with E-state index >= 15 is 0 Å². The molecule has 0 aliphatic heterocycles. The van der Waals surface area contributed by atoms with Crippen molar-refractivity contribution in [2.75, 3.05) is 4.90 Å². The third-order valence-corrected chi connectivity index (χ3v) is 10.7. The predicted octanol–water partition coefficient (Wildman–Crippen LogP) is 12.2. The first-order valence-corrected chi connectivity index (χ1v) is 17.9. The lowest BCUT2D eigenvalue weighted by Gasteiger charge is -2.35. The maximum Gasteiger partial charge on any atom is 0.0710 e. The maximum atomic E-state index is 2.47. The van der Waals surface area contributed by atoms with Gasteiger partial charge >= 0.3 is 0 Å². The predicted molar refractivity (Wildman–Crippen MR) is 210 cm³/mol. The Morgan fingerprint density at radius 2 is 1.08 bits per heavy atom. The Hall–Kier alpha value is -5.92. The average molecular weight is 642 g/mol. The average Bonchev–Trinajstić information content (AvgIpc) is 3.49. The highest BCUT2D eigenvalue weighted by molar-refractivity contribution is 5.90. The highest BCUT2D eigenvalue weighted by Gasteiger charge is 2.47. The summed E-state index contributed by atoms with van der Waals surface area (Å²) in [6, 6.07) is 58.1. The number of rotatable bonds is 5. The molecule has 3 aliphatic carbocycles. The van der Waals surface area contributed by atoms with Crippen molar-refractivity contribution in [3.8, 4) is 11.1 Å². The molecule has 240 valence electrons. The first-order valence-electron chi connectivity index (χ1n) is 17.9. The number of para-hydroxylation sites is 1. The minimum atomic E-state index is -0.368. The van der Waals surface area contributed by atoms with E-state index in [4.69, 9.17) is 0 Å². The number of anilines is 2. The SMILES string of the molecule is C1=CC2=C(CC1)c1cc(N(C3=CCc4ccccc4-c4ccccc4CC=C3)c3ccccc3)ccc1C2(c1ccccc1)c1ccccc1. The van der Waals surface area contributed by atoms with Crippen molar-refractivity contribution in [2.45, 2.75) is 31.1 Å². The first kappa shape index (κ1) is 30.2. The van der Waals surface area contributed by atoms with Crippen LogP contribution in [-0.4, -0.2) is 0 Å². The highest BCUT2D eigenvalue weighted by Crippen LogP contribution is 2.57. The van der Waals surface area contributed by atoms with E-state index in [0.717, 1.165) is 31.4 Å². The quantitative estimate of drug-likeness (QED) is 0.181. The Labute approximate surface area is 295 Å². The van der Waals surface area contributed by atoms with Crippen LogP contribution in [-0.2, 0) is 18.3 Å². The van der Waals surface area contributed by atoms with Crippen molar-refractivity contribution in [2.24, 2.45) is 0 Å². The number of hydrogen-bond acceptors (Lipinski definition) is 1. The molecule has 0 saturated heterocycles. The van der Waals surface area contributed by atoms with Gasteiger partial charge in [0.15, 0.2) is 0 Å². The molecule has 9 rings (SSSR count). The monoisotopic (exact) mass is 641 g/mol. The van der Waals surface area contributed by atoms with Crippen LogP contribution in [0.5, 0.6) is 0 Å². The Balaban J connectivity index is 1.24. The van der Waals surface area contributed by atoms with E-state index in [1.807, 2.05) is 0 Å². The van der Waals surface area contributed by atoms with E-state index < -0.39 is 0 Å². The molecule has 50 heavy (non-hydrogen) atoms. The zero-order chi connectivity index (χ0) is 33.3. The van der Waals surface area contributed by atoms with Gasteiger partial charge in [-0.05, 0) is 112 Å². The summed E-state index contributed by atoms with van der Waals surface area (Å²) < 4.78 is 0. The summed E-state index contributed by atoms with van der Waals surface area (Å²) >= 11 is 0. The zero-order valence-electron chi connectivity index (χ0n) is 28.2. The summed E-state index contributed by atoms with van der Waals surface area (Å²) in [5.41, 5.74) is 16.7. The second-order valence-corrected chi connectivity index (χ2v) is 13.5. The summed E-state index contributed by atoms with van der Waals surface area (Å²) in [5, 5.41) is 0. The molecule has 0 unspecified atom stereocenters. The summed E-state index contributed by atoms with van der Waals surface area (Å²) in [6.07, 6.45) is 15.7. The second-order valence-electron chi connectivity index (χ2n) is 13.5. The fraction of sp³-hybridized carbons (Fsp3) is 0.102. The van der Waals surface area contributed by atoms with Gasteiger partial charge in [-0.25, -0.2) is 0 Å². The lowest BCUT2D eigenvalue weighted by atomic mass is 9.66. The molecule has 0 saturated carbocycles. The van der Waals surface area contributed by atoms with Crippen LogP contribution < -0.4 is 4.90 Å². The highest BCUT2D eigenvalue weighted by atomic mass is 15.1. The normalized spacial score (nSPS) is 15.7. The van der Waals surface area contributed by atoms with Crippen molar-refractivity contribution in [3.63, 3.8) is 0 Å². The van der Waals surface area contributed by atoms with Crippen molar-refractivity contribution in [1.29, 1.82) is 0 Å². The summed E-state index contributed by atoms with van der Waals surface area (Å²) in [6.45, 7) is 0. The van der Waals surface area contributed by atoms with Gasteiger partial charge in [0.05, 0.1) is 5.41 Å². The number of fused-ring (bicyclic) bond motifs is 5. The van der Waals surface area contributed by atoms with Gasteiger partial charge in [-0.1, -0.05) is 158 Å². The van der Waals surface area contributed by atoms with Crippen LogP contribution in [0.2, 0.25) is 0 Å². The minimum absolute atomic E-state index is 0.368. The van der Waals surface area contributed by atoms with Crippen LogP contribution in [0, 0.1) is 0 Å². The van der Waals surface area contributed by atoms with Crippen molar-refractivity contribution < 1.29 is 0 Å². The van der Waals surface area contributed by atoms with Gasteiger partial charge in [0.2, 0.25) is 0 Å². The van der Waals surface area contributed by atoms with Crippen LogP contribution in [0.1, 0.15) is 46.2 Å². The molecule has 0 N–H and O–H groups in total. The molecule has 0 bridgehead atoms. The molecule has 0 amide bonds. The van der Waals surface area contributed by atoms with E-state index in [1.54, 1.807) is 0 Å². The number of allylic oxidation sites excluding steroid dienone is 7. The van der Waals surface area contributed by atoms with Gasteiger partial charge in [0.25, 0.3) is 0 Å². The molecule has 1 heteroatoms. The van der Waals surface area contributed by atoms with Crippen LogP contribution in [0.4, 0.5) is 11.4 Å². The molecule has 3 aliphatic rings. The molecular formula is C49H39N. The molecule has 0 heterocycles. The summed E-state index contributed by atoms with van der Waals surface area (Å²) in [7, 11) is 0. The molecule has 6 aromatic rings. The molecule has 6 aromatic carbocycles. The van der Waals surface area contributed by atoms with Gasteiger partial charge in [-0.2, -0.15) is 0 Å². The standard InChI is InChI=1S/C49H39N/c1-4-20-38(21-5-1)49(39-22-6-2-7-23-39)47-30-15-14-29-45(47)46-35-42(33-34-48(46)49)50(40-24-8-3-9-25-40)41-26-16-19-36-17-10-12-27-43(36)44-28-13-11-18-37(44)31-32-41/h1-13,15-18,20-28,30,32-35H,14,19,29,31H2. The Kier molecular flexibility index (Phi) is 7.75. The zero-order valence-corrected chi connectivity index (χ0v) is 28.2. The van der Waals surface area contributed by atoms with Crippen LogP contribution in [0.25, 0.3) is 16.7 Å². The van der Waals surface area contributed by atoms with E-state index in [-0.39, 0.29) is 5.41 Å². The fourth-order valence-corrected chi connectivity index (χ4v) is 8.55. The van der Waals surface area contributed by atoms with Gasteiger partial charge < -0.3 is 4.90 Å². The number of benzene rings is 6. The molecule has 0 radical (unpaired) electrons. The lowest BCUT2D eigenvalue weighted by Crippen LogP contribution is -2.29. The lowest BCUT2D eigenvalue weighted by molar-refractivity contribution is 0.756. The second kappa shape index (κ2) is 12.8. The van der Waals surface area contributed by atoms with E-state index in [1.165, 1.54) is 67.0 Å². The smallest absolute Gasteiger partial charge is 0.0710 e. The molecule has 0 fully saturated rings. The van der Waals surface area contributed by atoms with Gasteiger partial charge in [-0.3, -0.25) is 0 Å². The van der Waals surface area contributed by atoms with Crippen molar-refractivity contribution in [1.82, 2.24) is 0 Å². The van der Waals surface area contributed by atoms with Gasteiger partial charge in [0.1, 0.15) is 0 Å². The third kappa shape index (κ3) is 5.01. The summed E-state index contributed by atoms with van der Waals surface area (Å²) in [4.78, 5) is 2.46. The van der Waals surface area contributed by atoms with Gasteiger partial charge in [-0.15, -0.1) is 0 Å². The molecule has 1 nitrogen and oxygen atoms in total. The van der Waals surface area contributed by atoms with Crippen LogP contribution in [0.15, 0.2) is 199 Å². The largest absolute Gasteiger partial charge is 0.311 e. The summed E-state index contributed by atoms with van der Waals surface area (Å²) in [5.74, 6) is 0. The van der Waals surface area contributed by atoms with Crippen molar-refractivity contribution in [3.05, 3.63) is 233 Å². The van der Waals surface area contributed by atoms with Gasteiger partial charge in [0, 0.05) is 17.1 Å². The Bertz CT molecular complexity index is 2260. The third-order valence-electron chi connectivity index (χ3n) is 10.7. The molecule has 0 aromatic heterocycles.